The number of aliphatic hydroxyl groups is 1. The molecule has 1 atom stereocenters. The number of rotatable bonds is 5. The Balaban J connectivity index is 2.48. The van der Waals surface area contributed by atoms with Crippen molar-refractivity contribution in [3.63, 3.8) is 0 Å². The average molecular weight is 216 g/mol. The van der Waals surface area contributed by atoms with Crippen LogP contribution in [-0.2, 0) is 4.74 Å². The van der Waals surface area contributed by atoms with Crippen molar-refractivity contribution >= 4 is 6.09 Å². The van der Waals surface area contributed by atoms with E-state index in [0.717, 1.165) is 13.0 Å². The van der Waals surface area contributed by atoms with Crippen molar-refractivity contribution < 1.29 is 14.6 Å². The molecule has 0 bridgehead atoms. The summed E-state index contributed by atoms with van der Waals surface area (Å²) in [6, 6.07) is 0.135. The van der Waals surface area contributed by atoms with Crippen molar-refractivity contribution in [2.45, 2.75) is 18.9 Å². The Bertz CT molecular complexity index is 207. The van der Waals surface area contributed by atoms with E-state index in [1.807, 2.05) is 19.0 Å². The number of nitrogens with zero attached hydrogens (tertiary/aromatic N) is 2. The molecule has 0 aromatic rings. The molecule has 1 amide bonds. The third-order valence-electron chi connectivity index (χ3n) is 2.60. The highest BCUT2D eigenvalue weighted by Crippen LogP contribution is 2.15. The third-order valence-corrected chi connectivity index (χ3v) is 2.60. The standard InChI is InChI=1S/C10H20N2O3/c1-11(2)5-6-12-9(3-7-13)4-8-15-10(12)14/h9,13H,3-8H2,1-2H3. The first-order chi connectivity index (χ1) is 7.15. The SMILES string of the molecule is CN(C)CCN1C(=O)OCCC1CCO. The van der Waals surface area contributed by atoms with Gasteiger partial charge in [0.15, 0.2) is 0 Å². The number of carbonyl (C=O) groups is 1. The number of aliphatic hydroxyl groups excluding tert-OH is 1. The van der Waals surface area contributed by atoms with E-state index in [1.165, 1.54) is 0 Å². The number of carbonyl (C=O) groups excluding carboxylic acids is 1. The molecule has 0 saturated carbocycles. The summed E-state index contributed by atoms with van der Waals surface area (Å²) < 4.78 is 4.99. The van der Waals surface area contributed by atoms with Gasteiger partial charge in [0.2, 0.25) is 0 Å². The van der Waals surface area contributed by atoms with Crippen molar-refractivity contribution in [1.29, 1.82) is 0 Å². The normalized spacial score (nSPS) is 22.0. The van der Waals surface area contributed by atoms with Gasteiger partial charge >= 0.3 is 6.09 Å². The molecule has 5 heteroatoms. The maximum atomic E-state index is 11.5. The van der Waals surface area contributed by atoms with Crippen LogP contribution >= 0.6 is 0 Å². The summed E-state index contributed by atoms with van der Waals surface area (Å²) in [7, 11) is 3.94. The van der Waals surface area contributed by atoms with E-state index in [9.17, 15) is 4.79 Å². The van der Waals surface area contributed by atoms with E-state index in [2.05, 4.69) is 0 Å². The first-order valence-corrected chi connectivity index (χ1v) is 5.34. The summed E-state index contributed by atoms with van der Waals surface area (Å²) in [6.07, 6.45) is 1.21. The van der Waals surface area contributed by atoms with Crippen LogP contribution in [-0.4, -0.2) is 67.4 Å². The Kier molecular flexibility index (Phi) is 4.84. The Morgan fingerprint density at radius 3 is 2.93 bits per heavy atom. The van der Waals surface area contributed by atoms with E-state index >= 15 is 0 Å². The average Bonchev–Trinajstić information content (AvgIpc) is 2.17. The molecule has 0 aliphatic carbocycles. The number of cyclic esters (lactones) is 1. The van der Waals surface area contributed by atoms with Crippen LogP contribution in [0, 0.1) is 0 Å². The largest absolute Gasteiger partial charge is 0.449 e. The fourth-order valence-corrected chi connectivity index (χ4v) is 1.70. The summed E-state index contributed by atoms with van der Waals surface area (Å²) in [5.74, 6) is 0. The first kappa shape index (κ1) is 12.3. The van der Waals surface area contributed by atoms with Crippen LogP contribution in [0.15, 0.2) is 0 Å². The second-order valence-corrected chi connectivity index (χ2v) is 4.07. The molecule has 5 nitrogen and oxygen atoms in total. The molecule has 88 valence electrons. The molecule has 15 heavy (non-hydrogen) atoms. The lowest BCUT2D eigenvalue weighted by molar-refractivity contribution is 0.0344. The molecule has 1 heterocycles. The zero-order chi connectivity index (χ0) is 11.3. The molecular weight excluding hydrogens is 196 g/mol. The second-order valence-electron chi connectivity index (χ2n) is 4.07. The predicted molar refractivity (Wildman–Crippen MR) is 56.7 cm³/mol. The van der Waals surface area contributed by atoms with E-state index in [0.29, 0.717) is 19.6 Å². The number of ether oxygens (including phenoxy) is 1. The smallest absolute Gasteiger partial charge is 0.410 e. The summed E-state index contributed by atoms with van der Waals surface area (Å²) in [6.45, 7) is 2.08. The van der Waals surface area contributed by atoms with Crippen LogP contribution in [0.25, 0.3) is 0 Å². The minimum absolute atomic E-state index is 0.121. The van der Waals surface area contributed by atoms with Gasteiger partial charge in [-0.25, -0.2) is 4.79 Å². The van der Waals surface area contributed by atoms with Gasteiger partial charge in [0.1, 0.15) is 0 Å². The van der Waals surface area contributed by atoms with Crippen molar-refractivity contribution in [3.05, 3.63) is 0 Å². The van der Waals surface area contributed by atoms with Crippen molar-refractivity contribution in [3.8, 4) is 0 Å². The van der Waals surface area contributed by atoms with Gasteiger partial charge in [-0.2, -0.15) is 0 Å². The highest BCUT2D eigenvalue weighted by atomic mass is 16.6. The van der Waals surface area contributed by atoms with E-state index < -0.39 is 0 Å². The number of amides is 1. The molecule has 0 spiro atoms. The van der Waals surface area contributed by atoms with Gasteiger partial charge in [0.25, 0.3) is 0 Å². The quantitative estimate of drug-likeness (QED) is 0.710. The maximum Gasteiger partial charge on any atom is 0.410 e. The van der Waals surface area contributed by atoms with Crippen LogP contribution in [0.5, 0.6) is 0 Å². The topological polar surface area (TPSA) is 53.0 Å². The predicted octanol–water partition coefficient (Wildman–Crippen LogP) is 0.141. The molecule has 1 unspecified atom stereocenters. The Hall–Kier alpha value is -0.810. The highest BCUT2D eigenvalue weighted by Gasteiger charge is 2.28. The molecule has 1 aliphatic heterocycles. The first-order valence-electron chi connectivity index (χ1n) is 5.34. The van der Waals surface area contributed by atoms with E-state index in [4.69, 9.17) is 9.84 Å². The van der Waals surface area contributed by atoms with Gasteiger partial charge in [-0.3, -0.25) is 0 Å². The van der Waals surface area contributed by atoms with Crippen molar-refractivity contribution in [2.24, 2.45) is 0 Å². The Labute approximate surface area is 90.6 Å². The van der Waals surface area contributed by atoms with Gasteiger partial charge in [0.05, 0.1) is 6.61 Å². The second kappa shape index (κ2) is 5.92. The van der Waals surface area contributed by atoms with Gasteiger partial charge in [-0.15, -0.1) is 0 Å². The number of likely N-dealkylation sites (N-methyl/N-ethyl adjacent to an activating group) is 1. The highest BCUT2D eigenvalue weighted by molar-refractivity contribution is 5.68. The number of hydrogen-bond acceptors (Lipinski definition) is 4. The lowest BCUT2D eigenvalue weighted by Gasteiger charge is -2.35. The monoisotopic (exact) mass is 216 g/mol. The molecule has 1 fully saturated rings. The summed E-state index contributed by atoms with van der Waals surface area (Å²) in [5.41, 5.74) is 0. The molecule has 1 aliphatic rings. The molecule has 0 aromatic carbocycles. The van der Waals surface area contributed by atoms with E-state index in [1.54, 1.807) is 4.90 Å². The zero-order valence-electron chi connectivity index (χ0n) is 9.48. The third kappa shape index (κ3) is 3.68. The minimum Gasteiger partial charge on any atom is -0.449 e. The van der Waals surface area contributed by atoms with Crippen LogP contribution in [0.4, 0.5) is 4.79 Å². The Morgan fingerprint density at radius 1 is 1.60 bits per heavy atom. The van der Waals surface area contributed by atoms with Crippen molar-refractivity contribution in [1.82, 2.24) is 9.80 Å². The molecular formula is C10H20N2O3. The van der Waals surface area contributed by atoms with E-state index in [-0.39, 0.29) is 18.7 Å². The Morgan fingerprint density at radius 2 is 2.33 bits per heavy atom. The van der Waals surface area contributed by atoms with Crippen LogP contribution < -0.4 is 0 Å². The lowest BCUT2D eigenvalue weighted by Crippen LogP contribution is -2.48. The molecule has 1 rings (SSSR count). The fourth-order valence-electron chi connectivity index (χ4n) is 1.70. The zero-order valence-corrected chi connectivity index (χ0v) is 9.48. The number of hydrogen-bond donors (Lipinski definition) is 1. The van der Waals surface area contributed by atoms with Gasteiger partial charge in [0, 0.05) is 32.2 Å². The van der Waals surface area contributed by atoms with Gasteiger partial charge in [-0.1, -0.05) is 0 Å². The molecule has 0 aromatic heterocycles. The fraction of sp³-hybridized carbons (Fsp3) is 0.900. The maximum absolute atomic E-state index is 11.5. The summed E-state index contributed by atoms with van der Waals surface area (Å²) >= 11 is 0. The van der Waals surface area contributed by atoms with Crippen LogP contribution in [0.3, 0.4) is 0 Å². The molecule has 1 N–H and O–H groups in total. The lowest BCUT2D eigenvalue weighted by atomic mass is 10.1. The minimum atomic E-state index is -0.249. The van der Waals surface area contributed by atoms with Crippen LogP contribution in [0.2, 0.25) is 0 Å². The van der Waals surface area contributed by atoms with Crippen LogP contribution in [0.1, 0.15) is 12.8 Å². The molecule has 1 saturated heterocycles. The summed E-state index contributed by atoms with van der Waals surface area (Å²) in [4.78, 5) is 15.2. The molecule has 0 radical (unpaired) electrons. The van der Waals surface area contributed by atoms with Gasteiger partial charge < -0.3 is 19.6 Å². The van der Waals surface area contributed by atoms with Gasteiger partial charge in [-0.05, 0) is 20.5 Å². The summed E-state index contributed by atoms with van der Waals surface area (Å²) in [5, 5.41) is 8.91. The van der Waals surface area contributed by atoms with Crippen molar-refractivity contribution in [2.75, 3.05) is 40.4 Å².